The van der Waals surface area contributed by atoms with Crippen LogP contribution in [0.4, 0.5) is 0 Å². The molecule has 0 heterocycles. The second kappa shape index (κ2) is 29.6. The predicted molar refractivity (Wildman–Crippen MR) is 24.5 cm³/mol. The summed E-state index contributed by atoms with van der Waals surface area (Å²) in [6.07, 6.45) is 4.50. The van der Waals surface area contributed by atoms with Gasteiger partial charge in [0.05, 0.1) is 0 Å². The van der Waals surface area contributed by atoms with Crippen molar-refractivity contribution < 1.29 is 131 Å². The van der Waals surface area contributed by atoms with Gasteiger partial charge in [0.2, 0.25) is 0 Å². The molecule has 0 aromatic rings. The molecule has 0 aliphatic rings. The molecule has 0 spiro atoms. The molecule has 0 aromatic carbocycles. The van der Waals surface area contributed by atoms with Crippen LogP contribution >= 0.6 is 0 Å². The largest absolute Gasteiger partial charge is 0.356 e. The van der Waals surface area contributed by atoms with Crippen molar-refractivity contribution in [1.82, 2.24) is 0 Å². The minimum Gasteiger partial charge on any atom is -0.356 e. The molecule has 0 amide bonds. The average Bonchev–Trinajstić information content (AvgIpc) is 1.41. The molecule has 0 atom stereocenters. The van der Waals surface area contributed by atoms with Crippen LogP contribution in [0.3, 0.4) is 0 Å². The van der Waals surface area contributed by atoms with E-state index in [1.165, 1.54) is 0 Å². The van der Waals surface area contributed by atoms with Gasteiger partial charge in [-0.1, -0.05) is 0 Å². The van der Waals surface area contributed by atoms with Crippen LogP contribution in [0.25, 0.3) is 0 Å². The van der Waals surface area contributed by atoms with Gasteiger partial charge in [0.15, 0.2) is 0 Å². The zero-order valence-electron chi connectivity index (χ0n) is 5.59. The Bertz CT molecular complexity index is 35.9. The Balaban J connectivity index is -0.0000000133. The third kappa shape index (κ3) is 33.3. The molecule has 0 unspecified atom stereocenters. The van der Waals surface area contributed by atoms with E-state index in [2.05, 4.69) is 13.8 Å². The Kier molecular flexibility index (Phi) is 96.2. The van der Waals surface area contributed by atoms with Gasteiger partial charge in [-0.25, -0.2) is 19.4 Å². The van der Waals surface area contributed by atoms with E-state index >= 15 is 0 Å². The second-order valence-corrected chi connectivity index (χ2v) is 0.760. The van der Waals surface area contributed by atoms with Gasteiger partial charge in [-0.2, -0.15) is 0 Å². The first-order valence-electron chi connectivity index (χ1n) is 1.65. The summed E-state index contributed by atoms with van der Waals surface area (Å²) in [5.74, 6) is 0. The fraction of sp³-hybridized carbons (Fsp3) is 0.200. The summed E-state index contributed by atoms with van der Waals surface area (Å²) in [6, 6.07) is 0. The van der Waals surface area contributed by atoms with Crippen molar-refractivity contribution in [2.75, 3.05) is 0 Å². The van der Waals surface area contributed by atoms with E-state index in [9.17, 15) is 0 Å². The summed E-state index contributed by atoms with van der Waals surface area (Å²) in [7, 11) is 0. The molecular formula is C5H8Y4-2. The number of rotatable bonds is 1. The second-order valence-electron chi connectivity index (χ2n) is 0.760. The van der Waals surface area contributed by atoms with Crippen molar-refractivity contribution >= 4 is 0 Å². The van der Waals surface area contributed by atoms with Gasteiger partial charge >= 0.3 is 0 Å². The standard InChI is InChI=1S/C5H8.4Y/c1-3-5-4-2;;;;/h3,5H,1-2,4H2;;;;/q-2;;;;/b5-3-;;;;. The van der Waals surface area contributed by atoms with Crippen LogP contribution in [0.15, 0.2) is 12.2 Å². The molecule has 0 fully saturated rings. The fourth-order valence-corrected chi connectivity index (χ4v) is 0.118. The van der Waals surface area contributed by atoms with Gasteiger partial charge in [0.1, 0.15) is 0 Å². The Hall–Kier alpha value is 4.03. The van der Waals surface area contributed by atoms with Crippen LogP contribution in [0.5, 0.6) is 0 Å². The maximum absolute atomic E-state index is 3.55. The van der Waals surface area contributed by atoms with Crippen molar-refractivity contribution in [2.24, 2.45) is 0 Å². The molecule has 0 saturated heterocycles. The Morgan fingerprint density at radius 3 is 1.33 bits per heavy atom. The minimum absolute atomic E-state index is 0. The molecular weight excluding hydrogens is 416 g/mol. The van der Waals surface area contributed by atoms with E-state index in [1.54, 1.807) is 6.08 Å². The SMILES string of the molecule is [CH2-]/C=C\C[CH2-].[Y].[Y].[Y].[Y]. The molecule has 42 valence electrons. The van der Waals surface area contributed by atoms with Gasteiger partial charge in [-0.15, -0.1) is 0 Å². The summed E-state index contributed by atoms with van der Waals surface area (Å²) in [5, 5.41) is 0. The maximum atomic E-state index is 3.55. The van der Waals surface area contributed by atoms with Gasteiger partial charge in [0, 0.05) is 131 Å². The van der Waals surface area contributed by atoms with Crippen LogP contribution in [0.1, 0.15) is 6.42 Å². The number of hydrogen-bond donors (Lipinski definition) is 0. The molecule has 0 nitrogen and oxygen atoms in total. The molecule has 4 heteroatoms. The first-order valence-corrected chi connectivity index (χ1v) is 1.65. The topological polar surface area (TPSA) is 0 Å². The van der Waals surface area contributed by atoms with E-state index in [-0.39, 0.29) is 131 Å². The van der Waals surface area contributed by atoms with Crippen LogP contribution in [-0.4, -0.2) is 0 Å². The van der Waals surface area contributed by atoms with Crippen molar-refractivity contribution in [1.29, 1.82) is 0 Å². The van der Waals surface area contributed by atoms with E-state index in [0.717, 1.165) is 6.42 Å². The molecule has 4 radical (unpaired) electrons. The van der Waals surface area contributed by atoms with E-state index in [1.807, 2.05) is 6.08 Å². The molecule has 0 N–H and O–H groups in total. The molecule has 0 aliphatic carbocycles. The van der Waals surface area contributed by atoms with Gasteiger partial charge in [0.25, 0.3) is 0 Å². The van der Waals surface area contributed by atoms with Crippen molar-refractivity contribution in [2.45, 2.75) is 6.42 Å². The van der Waals surface area contributed by atoms with Crippen LogP contribution < -0.4 is 0 Å². The third-order valence-corrected chi connectivity index (χ3v) is 0.333. The van der Waals surface area contributed by atoms with E-state index in [4.69, 9.17) is 0 Å². The fourth-order valence-electron chi connectivity index (χ4n) is 0.118. The Labute approximate surface area is 159 Å². The summed E-state index contributed by atoms with van der Waals surface area (Å²) in [5.41, 5.74) is 0. The molecule has 0 saturated carbocycles. The smallest absolute Gasteiger partial charge is 0 e. The molecule has 0 rings (SSSR count). The summed E-state index contributed by atoms with van der Waals surface area (Å²) in [6.45, 7) is 7.00. The Morgan fingerprint density at radius 2 is 1.33 bits per heavy atom. The maximum Gasteiger partial charge on any atom is 0 e. The van der Waals surface area contributed by atoms with Crippen LogP contribution in [0.2, 0.25) is 0 Å². The van der Waals surface area contributed by atoms with E-state index < -0.39 is 0 Å². The summed E-state index contributed by atoms with van der Waals surface area (Å²) >= 11 is 0. The quantitative estimate of drug-likeness (QED) is 0.562. The first kappa shape index (κ1) is 29.2. The van der Waals surface area contributed by atoms with Crippen LogP contribution in [0, 0.1) is 13.8 Å². The zero-order valence-corrected chi connectivity index (χ0v) is 16.9. The molecule has 9 heavy (non-hydrogen) atoms. The first-order chi connectivity index (χ1) is 2.41. The summed E-state index contributed by atoms with van der Waals surface area (Å²) in [4.78, 5) is 0. The van der Waals surface area contributed by atoms with Gasteiger partial charge in [-0.05, 0) is 0 Å². The summed E-state index contributed by atoms with van der Waals surface area (Å²) < 4.78 is 0. The van der Waals surface area contributed by atoms with Crippen molar-refractivity contribution in [3.05, 3.63) is 26.0 Å². The monoisotopic (exact) mass is 424 g/mol. The zero-order chi connectivity index (χ0) is 4.12. The molecule has 0 aliphatic heterocycles. The molecule has 0 aromatic heterocycles. The number of allylic oxidation sites excluding steroid dienone is 2. The normalized spacial score (nSPS) is 5.44. The molecule has 0 bridgehead atoms. The minimum atomic E-state index is 0. The van der Waals surface area contributed by atoms with Crippen molar-refractivity contribution in [3.8, 4) is 0 Å². The third-order valence-electron chi connectivity index (χ3n) is 0.333. The number of hydrogen-bond acceptors (Lipinski definition) is 0. The van der Waals surface area contributed by atoms with E-state index in [0.29, 0.717) is 0 Å². The Morgan fingerprint density at radius 1 is 1.00 bits per heavy atom. The van der Waals surface area contributed by atoms with Gasteiger partial charge < -0.3 is 6.92 Å². The predicted octanol–water partition coefficient (Wildman–Crippen LogP) is 1.59. The van der Waals surface area contributed by atoms with Gasteiger partial charge in [-0.3, -0.25) is 6.08 Å². The van der Waals surface area contributed by atoms with Crippen LogP contribution in [-0.2, 0) is 131 Å². The average molecular weight is 424 g/mol. The van der Waals surface area contributed by atoms with Crippen molar-refractivity contribution in [3.63, 3.8) is 0 Å².